The molecule has 2 fully saturated rings. The number of rotatable bonds is 8. The number of unbranched alkanes of at least 4 members (excludes halogenated alkanes) is 1. The van der Waals surface area contributed by atoms with Crippen molar-refractivity contribution in [1.29, 1.82) is 0 Å². The molecule has 1 radical (unpaired) electrons. The first-order valence-electron chi connectivity index (χ1n) is 11.1. The van der Waals surface area contributed by atoms with Crippen LogP contribution in [0.2, 0.25) is 0 Å². The van der Waals surface area contributed by atoms with E-state index >= 15 is 0 Å². The van der Waals surface area contributed by atoms with E-state index in [9.17, 15) is 0 Å². The quantitative estimate of drug-likeness (QED) is 0.439. The molecule has 3 heterocycles. The molecule has 0 aliphatic carbocycles. The second-order valence-electron chi connectivity index (χ2n) is 8.49. The Kier molecular flexibility index (Phi) is 5.91. The van der Waals surface area contributed by atoms with Crippen molar-refractivity contribution in [3.8, 4) is 11.5 Å². The first-order chi connectivity index (χ1) is 14.8. The summed E-state index contributed by atoms with van der Waals surface area (Å²) >= 11 is 1.66. The van der Waals surface area contributed by atoms with E-state index in [4.69, 9.17) is 13.8 Å². The van der Waals surface area contributed by atoms with Gasteiger partial charge in [-0.15, -0.1) is 0 Å². The highest BCUT2D eigenvalue weighted by Crippen LogP contribution is 2.44. The molecule has 0 saturated carbocycles. The zero-order valence-corrected chi connectivity index (χ0v) is 18.4. The maximum absolute atomic E-state index is 5.92. The lowest BCUT2D eigenvalue weighted by Gasteiger charge is -2.38. The second kappa shape index (κ2) is 8.94. The van der Waals surface area contributed by atoms with E-state index in [1.54, 1.807) is 18.6 Å². The molecule has 3 aromatic rings. The van der Waals surface area contributed by atoms with Gasteiger partial charge in [0.1, 0.15) is 0 Å². The maximum Gasteiger partial charge on any atom is 0.161 e. The minimum atomic E-state index is 0.626. The van der Waals surface area contributed by atoms with Gasteiger partial charge in [0.2, 0.25) is 0 Å². The summed E-state index contributed by atoms with van der Waals surface area (Å²) in [6.07, 6.45) is 7.46. The molecule has 4 nitrogen and oxygen atoms in total. The van der Waals surface area contributed by atoms with E-state index in [1.165, 1.54) is 54.4 Å². The molecule has 1 aromatic heterocycles. The molecule has 2 saturated heterocycles. The van der Waals surface area contributed by atoms with E-state index in [-0.39, 0.29) is 0 Å². The maximum atomic E-state index is 5.92. The minimum absolute atomic E-state index is 0.626. The van der Waals surface area contributed by atoms with Crippen molar-refractivity contribution in [2.24, 2.45) is 0 Å². The number of piperidine rings is 1. The third-order valence-electron chi connectivity index (χ3n) is 6.75. The summed E-state index contributed by atoms with van der Waals surface area (Å²) in [4.78, 5) is 2.78. The number of fused-ring (bicyclic) bond motifs is 3. The molecule has 2 aliphatic heterocycles. The highest BCUT2D eigenvalue weighted by molar-refractivity contribution is 7.13. The molecule has 2 bridgehead atoms. The van der Waals surface area contributed by atoms with Crippen LogP contribution >= 0.6 is 11.5 Å². The van der Waals surface area contributed by atoms with E-state index in [2.05, 4.69) is 35.2 Å². The molecule has 5 heteroatoms. The summed E-state index contributed by atoms with van der Waals surface area (Å²) < 4.78 is 17.4. The third-order valence-corrected chi connectivity index (χ3v) is 7.59. The van der Waals surface area contributed by atoms with Gasteiger partial charge in [-0.05, 0) is 80.9 Å². The molecule has 2 aliphatic rings. The molecule has 2 atom stereocenters. The van der Waals surface area contributed by atoms with Crippen molar-refractivity contribution in [2.75, 3.05) is 20.3 Å². The average molecular weight is 422 g/mol. The number of hydrogen-bond acceptors (Lipinski definition) is 5. The summed E-state index contributed by atoms with van der Waals surface area (Å²) in [7, 11) is 1.67. The number of ether oxygens (including phenoxy) is 2. The summed E-state index contributed by atoms with van der Waals surface area (Å²) in [5, 5.41) is 1.38. The Labute approximate surface area is 183 Å². The van der Waals surface area contributed by atoms with Crippen molar-refractivity contribution in [3.63, 3.8) is 0 Å². The topological polar surface area (TPSA) is 34.6 Å². The van der Waals surface area contributed by atoms with Crippen molar-refractivity contribution < 1.29 is 9.47 Å². The van der Waals surface area contributed by atoms with Gasteiger partial charge in [0.15, 0.2) is 11.5 Å². The lowest BCUT2D eigenvalue weighted by atomic mass is 9.86. The molecular formula is C25H29N2O2S. The van der Waals surface area contributed by atoms with Crippen LogP contribution in [0.15, 0.2) is 42.5 Å². The van der Waals surface area contributed by atoms with E-state index in [1.807, 2.05) is 18.2 Å². The van der Waals surface area contributed by atoms with Crippen molar-refractivity contribution in [2.45, 2.75) is 56.5 Å². The normalized spacial score (nSPS) is 23.7. The van der Waals surface area contributed by atoms with Crippen molar-refractivity contribution >= 4 is 21.6 Å². The van der Waals surface area contributed by atoms with Gasteiger partial charge in [-0.1, -0.05) is 24.3 Å². The zero-order valence-electron chi connectivity index (χ0n) is 17.5. The Hall–Kier alpha value is -2.11. The van der Waals surface area contributed by atoms with E-state index < -0.39 is 0 Å². The minimum Gasteiger partial charge on any atom is -0.493 e. The molecule has 5 rings (SSSR count). The van der Waals surface area contributed by atoms with Gasteiger partial charge in [0.25, 0.3) is 0 Å². The first kappa shape index (κ1) is 19.8. The smallest absolute Gasteiger partial charge is 0.161 e. The monoisotopic (exact) mass is 421 g/mol. The van der Waals surface area contributed by atoms with Crippen LogP contribution in [0.25, 0.3) is 10.1 Å². The van der Waals surface area contributed by atoms with E-state index in [0.717, 1.165) is 36.6 Å². The first-order valence-corrected chi connectivity index (χ1v) is 11.9. The van der Waals surface area contributed by atoms with Crippen LogP contribution in [0.1, 0.15) is 50.1 Å². The van der Waals surface area contributed by atoms with Crippen molar-refractivity contribution in [3.05, 3.63) is 54.2 Å². The van der Waals surface area contributed by atoms with Gasteiger partial charge < -0.3 is 9.47 Å². The van der Waals surface area contributed by atoms with Crippen molar-refractivity contribution in [1.82, 2.24) is 9.27 Å². The summed E-state index contributed by atoms with van der Waals surface area (Å²) in [6, 6.07) is 18.8. The molecule has 0 amide bonds. The van der Waals surface area contributed by atoms with Gasteiger partial charge in [0, 0.05) is 23.4 Å². The lowest BCUT2D eigenvalue weighted by Crippen LogP contribution is -2.42. The fourth-order valence-electron chi connectivity index (χ4n) is 5.32. The van der Waals surface area contributed by atoms with Crippen LogP contribution in [-0.2, 0) is 0 Å². The Balaban J connectivity index is 1.13. The second-order valence-corrected chi connectivity index (χ2v) is 9.29. The summed E-state index contributed by atoms with van der Waals surface area (Å²) in [6.45, 7) is 1.92. The van der Waals surface area contributed by atoms with Crippen LogP contribution in [0, 0.1) is 6.07 Å². The van der Waals surface area contributed by atoms with E-state index in [0.29, 0.717) is 5.92 Å². The van der Waals surface area contributed by atoms with Crippen LogP contribution < -0.4 is 9.47 Å². The molecule has 157 valence electrons. The van der Waals surface area contributed by atoms with Crippen LogP contribution in [-0.4, -0.2) is 41.6 Å². The lowest BCUT2D eigenvalue weighted by molar-refractivity contribution is 0.121. The van der Waals surface area contributed by atoms with Gasteiger partial charge in [0.05, 0.1) is 24.1 Å². The van der Waals surface area contributed by atoms with Gasteiger partial charge in [-0.25, -0.2) is 0 Å². The summed E-state index contributed by atoms with van der Waals surface area (Å²) in [5.41, 5.74) is 1.36. The Morgan fingerprint density at radius 2 is 1.93 bits per heavy atom. The number of hydrogen-bond donors (Lipinski definition) is 0. The SMILES string of the molecule is COc1c[c]ccc1OCCCCN1C2CCC1CC(c1nsc3ccccc13)C2. The fraction of sp³-hybridized carbons (Fsp3) is 0.480. The molecular weight excluding hydrogens is 392 g/mol. The highest BCUT2D eigenvalue weighted by atomic mass is 32.1. The predicted octanol–water partition coefficient (Wildman–Crippen LogP) is 5.67. The molecule has 0 spiro atoms. The standard InChI is InChI=1S/C25H29N2O2S/c1-28-22-9-3-4-10-23(22)29-15-7-6-14-27-19-12-13-20(27)17-18(16-19)25-21-8-2-5-11-24(21)30-26-25/h2,4-5,8-11,18-20H,6-7,12-17H2,1H3. The predicted molar refractivity (Wildman–Crippen MR) is 122 cm³/mol. The van der Waals surface area contributed by atoms with Gasteiger partial charge >= 0.3 is 0 Å². The molecule has 30 heavy (non-hydrogen) atoms. The number of benzene rings is 2. The third kappa shape index (κ3) is 3.93. The summed E-state index contributed by atoms with van der Waals surface area (Å²) in [5.74, 6) is 2.19. The number of aromatic nitrogens is 1. The Bertz CT molecular complexity index is 974. The molecule has 0 N–H and O–H groups in total. The Morgan fingerprint density at radius 3 is 2.77 bits per heavy atom. The average Bonchev–Trinajstić information content (AvgIpc) is 3.31. The number of nitrogens with zero attached hydrogens (tertiary/aromatic N) is 2. The molecule has 2 aromatic carbocycles. The Morgan fingerprint density at radius 1 is 1.10 bits per heavy atom. The van der Waals surface area contributed by atoms with Crippen LogP contribution in [0.5, 0.6) is 11.5 Å². The van der Waals surface area contributed by atoms with Gasteiger partial charge in [-0.2, -0.15) is 4.37 Å². The van der Waals surface area contributed by atoms with Gasteiger partial charge in [-0.3, -0.25) is 4.90 Å². The van der Waals surface area contributed by atoms with Crippen LogP contribution in [0.4, 0.5) is 0 Å². The largest absolute Gasteiger partial charge is 0.493 e. The van der Waals surface area contributed by atoms with Crippen LogP contribution in [0.3, 0.4) is 0 Å². The number of methoxy groups -OCH3 is 1. The zero-order chi connectivity index (χ0) is 20.3. The fourth-order valence-corrected chi connectivity index (χ4v) is 6.18. The molecule has 2 unspecified atom stereocenters. The highest BCUT2D eigenvalue weighted by Gasteiger charge is 2.41.